The highest BCUT2D eigenvalue weighted by atomic mass is 16.5. The number of aliphatic carboxylic acids is 1. The van der Waals surface area contributed by atoms with E-state index in [0.29, 0.717) is 12.5 Å². The van der Waals surface area contributed by atoms with Crippen molar-refractivity contribution in [3.63, 3.8) is 0 Å². The number of nitrogens with zero attached hydrogens (tertiary/aromatic N) is 1. The molecule has 0 aromatic heterocycles. The molecule has 0 aromatic rings. The molecule has 1 saturated heterocycles. The average molecular weight is 256 g/mol. The van der Waals surface area contributed by atoms with Gasteiger partial charge in [-0.2, -0.15) is 0 Å². The van der Waals surface area contributed by atoms with Crippen molar-refractivity contribution in [1.82, 2.24) is 4.90 Å². The minimum atomic E-state index is -0.991. The molecule has 18 heavy (non-hydrogen) atoms. The molecule has 3 N–H and O–H groups in total. The topological polar surface area (TPSA) is 75.8 Å². The van der Waals surface area contributed by atoms with Gasteiger partial charge < -0.3 is 15.6 Å². The van der Waals surface area contributed by atoms with Gasteiger partial charge in [0.15, 0.2) is 0 Å². The van der Waals surface area contributed by atoms with Gasteiger partial charge >= 0.3 is 5.97 Å². The lowest BCUT2D eigenvalue weighted by molar-refractivity contribution is -0.145. The zero-order valence-corrected chi connectivity index (χ0v) is 11.1. The Balaban J connectivity index is 1.87. The molecule has 2 aliphatic rings. The van der Waals surface area contributed by atoms with Crippen molar-refractivity contribution < 1.29 is 14.6 Å². The van der Waals surface area contributed by atoms with Gasteiger partial charge in [-0.05, 0) is 38.6 Å². The first-order valence-electron chi connectivity index (χ1n) is 6.88. The van der Waals surface area contributed by atoms with Crippen LogP contribution in [-0.2, 0) is 9.53 Å². The summed E-state index contributed by atoms with van der Waals surface area (Å²) in [6, 6.07) is 0.428. The average Bonchev–Trinajstić information content (AvgIpc) is 2.71. The standard InChI is InChI=1S/C13H24N2O3/c1-10-9-18-8-7-15(10)6-4-11-3-2-5-13(11,14)12(16)17/h10-11H,2-9,14H2,1H3,(H,16,17). The fourth-order valence-electron chi connectivity index (χ4n) is 3.20. The molecule has 5 heteroatoms. The Kier molecular flexibility index (Phi) is 4.25. The van der Waals surface area contributed by atoms with E-state index in [-0.39, 0.29) is 5.92 Å². The Morgan fingerprint density at radius 1 is 1.61 bits per heavy atom. The molecular weight excluding hydrogens is 232 g/mol. The molecule has 0 bridgehead atoms. The fraction of sp³-hybridized carbons (Fsp3) is 0.923. The Bertz CT molecular complexity index is 311. The van der Waals surface area contributed by atoms with Crippen LogP contribution in [0.1, 0.15) is 32.6 Å². The van der Waals surface area contributed by atoms with E-state index in [4.69, 9.17) is 10.5 Å². The molecule has 0 aromatic carbocycles. The van der Waals surface area contributed by atoms with Crippen LogP contribution in [0.15, 0.2) is 0 Å². The largest absolute Gasteiger partial charge is 0.480 e. The predicted molar refractivity (Wildman–Crippen MR) is 68.4 cm³/mol. The van der Waals surface area contributed by atoms with Gasteiger partial charge in [-0.15, -0.1) is 0 Å². The number of carbonyl (C=O) groups is 1. The van der Waals surface area contributed by atoms with Gasteiger partial charge in [0.2, 0.25) is 0 Å². The van der Waals surface area contributed by atoms with Crippen LogP contribution >= 0.6 is 0 Å². The lowest BCUT2D eigenvalue weighted by Crippen LogP contribution is -2.52. The zero-order valence-electron chi connectivity index (χ0n) is 11.1. The molecule has 2 fully saturated rings. The minimum Gasteiger partial charge on any atom is -0.480 e. The smallest absolute Gasteiger partial charge is 0.323 e. The number of carboxylic acid groups (broad SMARTS) is 1. The third-order valence-corrected chi connectivity index (χ3v) is 4.54. The SMILES string of the molecule is CC1COCCN1CCC1CCCC1(N)C(=O)O. The van der Waals surface area contributed by atoms with Gasteiger partial charge in [0.05, 0.1) is 13.2 Å². The monoisotopic (exact) mass is 256 g/mol. The van der Waals surface area contributed by atoms with Crippen molar-refractivity contribution >= 4 is 5.97 Å². The summed E-state index contributed by atoms with van der Waals surface area (Å²) in [5.41, 5.74) is 5.06. The van der Waals surface area contributed by atoms with Gasteiger partial charge in [0.1, 0.15) is 5.54 Å². The molecule has 1 saturated carbocycles. The summed E-state index contributed by atoms with van der Waals surface area (Å²) in [5, 5.41) is 9.27. The van der Waals surface area contributed by atoms with Crippen LogP contribution in [0.4, 0.5) is 0 Å². The summed E-state index contributed by atoms with van der Waals surface area (Å²) in [7, 11) is 0. The zero-order chi connectivity index (χ0) is 13.2. The van der Waals surface area contributed by atoms with Crippen molar-refractivity contribution in [1.29, 1.82) is 0 Å². The third kappa shape index (κ3) is 2.68. The number of nitrogens with two attached hydrogens (primary N) is 1. The highest BCUT2D eigenvalue weighted by Gasteiger charge is 2.45. The summed E-state index contributed by atoms with van der Waals surface area (Å²) in [6.07, 6.45) is 3.38. The van der Waals surface area contributed by atoms with E-state index < -0.39 is 11.5 Å². The molecule has 104 valence electrons. The number of rotatable bonds is 4. The molecule has 1 aliphatic carbocycles. The lowest BCUT2D eigenvalue weighted by atomic mass is 9.85. The number of hydrogen-bond donors (Lipinski definition) is 2. The van der Waals surface area contributed by atoms with E-state index in [2.05, 4.69) is 11.8 Å². The van der Waals surface area contributed by atoms with E-state index in [1.165, 1.54) is 0 Å². The summed E-state index contributed by atoms with van der Waals surface area (Å²) in [4.78, 5) is 13.7. The highest BCUT2D eigenvalue weighted by molar-refractivity contribution is 5.79. The maximum Gasteiger partial charge on any atom is 0.323 e. The van der Waals surface area contributed by atoms with Gasteiger partial charge in [-0.25, -0.2) is 0 Å². The molecular formula is C13H24N2O3. The summed E-state index contributed by atoms with van der Waals surface area (Å²) in [5.74, 6) is -0.718. The van der Waals surface area contributed by atoms with Crippen LogP contribution in [0, 0.1) is 5.92 Å². The maximum atomic E-state index is 11.3. The van der Waals surface area contributed by atoms with Crippen LogP contribution < -0.4 is 5.73 Å². The maximum absolute atomic E-state index is 11.3. The van der Waals surface area contributed by atoms with Crippen molar-refractivity contribution in [2.75, 3.05) is 26.3 Å². The van der Waals surface area contributed by atoms with E-state index >= 15 is 0 Å². The van der Waals surface area contributed by atoms with E-state index in [0.717, 1.165) is 45.6 Å². The van der Waals surface area contributed by atoms with Crippen molar-refractivity contribution in [3.8, 4) is 0 Å². The first-order valence-corrected chi connectivity index (χ1v) is 6.88. The van der Waals surface area contributed by atoms with Gasteiger partial charge in [-0.1, -0.05) is 6.42 Å². The van der Waals surface area contributed by atoms with Crippen LogP contribution in [-0.4, -0.2) is 53.9 Å². The lowest BCUT2D eigenvalue weighted by Gasteiger charge is -2.35. The molecule has 5 nitrogen and oxygen atoms in total. The highest BCUT2D eigenvalue weighted by Crippen LogP contribution is 2.36. The number of carboxylic acids is 1. The molecule has 2 rings (SSSR count). The molecule has 1 heterocycles. The first-order chi connectivity index (χ1) is 8.54. The predicted octanol–water partition coefficient (Wildman–Crippen LogP) is 0.679. The summed E-state index contributed by atoms with van der Waals surface area (Å²) in [6.45, 7) is 5.58. The Morgan fingerprint density at radius 3 is 3.06 bits per heavy atom. The number of hydrogen-bond acceptors (Lipinski definition) is 4. The van der Waals surface area contributed by atoms with Crippen molar-refractivity contribution in [2.24, 2.45) is 11.7 Å². The molecule has 0 amide bonds. The molecule has 3 unspecified atom stereocenters. The number of ether oxygens (including phenoxy) is 1. The van der Waals surface area contributed by atoms with Crippen LogP contribution in [0.25, 0.3) is 0 Å². The minimum absolute atomic E-state index is 0.116. The molecule has 0 spiro atoms. The quantitative estimate of drug-likeness (QED) is 0.773. The van der Waals surface area contributed by atoms with Crippen molar-refractivity contribution in [2.45, 2.75) is 44.2 Å². The third-order valence-electron chi connectivity index (χ3n) is 4.54. The van der Waals surface area contributed by atoms with Crippen LogP contribution in [0.5, 0.6) is 0 Å². The van der Waals surface area contributed by atoms with Gasteiger partial charge in [0.25, 0.3) is 0 Å². The number of morpholine rings is 1. The van der Waals surface area contributed by atoms with Crippen LogP contribution in [0.3, 0.4) is 0 Å². The molecule has 1 aliphatic heterocycles. The Hall–Kier alpha value is -0.650. The Morgan fingerprint density at radius 2 is 2.39 bits per heavy atom. The van der Waals surface area contributed by atoms with Crippen LogP contribution in [0.2, 0.25) is 0 Å². The molecule has 3 atom stereocenters. The van der Waals surface area contributed by atoms with Gasteiger partial charge in [0, 0.05) is 12.6 Å². The van der Waals surface area contributed by atoms with E-state index in [1.54, 1.807) is 0 Å². The van der Waals surface area contributed by atoms with E-state index in [9.17, 15) is 9.90 Å². The normalized spacial score (nSPS) is 37.9. The summed E-state index contributed by atoms with van der Waals surface area (Å²) >= 11 is 0. The van der Waals surface area contributed by atoms with Crippen molar-refractivity contribution in [3.05, 3.63) is 0 Å². The Labute approximate surface area is 108 Å². The first kappa shape index (κ1) is 13.8. The second-order valence-corrected chi connectivity index (χ2v) is 5.68. The van der Waals surface area contributed by atoms with E-state index in [1.807, 2.05) is 0 Å². The fourth-order valence-corrected chi connectivity index (χ4v) is 3.20. The van der Waals surface area contributed by atoms with Gasteiger partial charge in [-0.3, -0.25) is 9.69 Å². The summed E-state index contributed by atoms with van der Waals surface area (Å²) < 4.78 is 5.40. The second kappa shape index (κ2) is 5.55. The molecule has 0 radical (unpaired) electrons. The second-order valence-electron chi connectivity index (χ2n) is 5.68.